The van der Waals surface area contributed by atoms with E-state index in [9.17, 15) is 14.4 Å². The number of nitrogens with one attached hydrogen (secondary N) is 1. The first-order valence-electron chi connectivity index (χ1n) is 3.86. The highest BCUT2D eigenvalue weighted by Crippen LogP contribution is 2.06. The summed E-state index contributed by atoms with van der Waals surface area (Å²) in [6.07, 6.45) is 0.982. The predicted octanol–water partition coefficient (Wildman–Crippen LogP) is -2.02. The third-order valence-electron chi connectivity index (χ3n) is 1.79. The molecule has 0 aliphatic carbocycles. The van der Waals surface area contributed by atoms with E-state index in [1.165, 1.54) is 0 Å². The molecule has 15 heavy (non-hydrogen) atoms. The zero-order valence-corrected chi connectivity index (χ0v) is 7.17. The fourth-order valence-corrected chi connectivity index (χ4v) is 1.14. The second kappa shape index (κ2) is 3.08. The minimum atomic E-state index is -1.49. The van der Waals surface area contributed by atoms with Crippen LogP contribution in [0.1, 0.15) is 0 Å². The van der Waals surface area contributed by atoms with Crippen molar-refractivity contribution in [2.45, 2.75) is 6.04 Å². The number of amides is 2. The van der Waals surface area contributed by atoms with E-state index in [1.807, 2.05) is 0 Å². The van der Waals surface area contributed by atoms with Crippen LogP contribution in [-0.4, -0.2) is 46.8 Å². The maximum absolute atomic E-state index is 11.2. The average Bonchev–Trinajstić information content (AvgIpc) is 2.16. The summed E-state index contributed by atoms with van der Waals surface area (Å²) in [6.45, 7) is 0. The molecule has 0 saturated heterocycles. The number of nitrogens with zero attached hydrogens (tertiary/aromatic N) is 3. The van der Waals surface area contributed by atoms with Gasteiger partial charge in [-0.1, -0.05) is 0 Å². The van der Waals surface area contributed by atoms with E-state index < -0.39 is 29.5 Å². The van der Waals surface area contributed by atoms with Crippen molar-refractivity contribution < 1.29 is 19.5 Å². The van der Waals surface area contributed by atoms with E-state index in [1.54, 1.807) is 0 Å². The second-order valence-electron chi connectivity index (χ2n) is 2.74. The largest absolute Gasteiger partial charge is 0.476 e. The normalized spacial score (nSPS) is 23.9. The van der Waals surface area contributed by atoms with Crippen LogP contribution in [0.5, 0.6) is 0 Å². The Bertz CT molecular complexity index is 462. The molecule has 8 nitrogen and oxygen atoms in total. The molecule has 1 unspecified atom stereocenters. The van der Waals surface area contributed by atoms with Crippen molar-refractivity contribution in [3.05, 3.63) is 0 Å². The molecule has 0 aromatic carbocycles. The summed E-state index contributed by atoms with van der Waals surface area (Å²) in [5.74, 6) is -3.03. The molecule has 2 heterocycles. The van der Waals surface area contributed by atoms with Crippen LogP contribution in [0.15, 0.2) is 15.0 Å². The first kappa shape index (κ1) is 9.19. The highest BCUT2D eigenvalue weighted by molar-refractivity contribution is 6.65. The fourth-order valence-electron chi connectivity index (χ4n) is 1.14. The number of carbonyl (C=O) groups is 3. The van der Waals surface area contributed by atoms with Crippen LogP contribution in [0.2, 0.25) is 0 Å². The number of carbonyl (C=O) groups excluding carboxylic acids is 2. The summed E-state index contributed by atoms with van der Waals surface area (Å²) >= 11 is 0. The molecule has 0 bridgehead atoms. The van der Waals surface area contributed by atoms with Gasteiger partial charge in [0.15, 0.2) is 6.04 Å². The maximum Gasteiger partial charge on any atom is 0.359 e. The molecule has 0 spiro atoms. The zero-order chi connectivity index (χ0) is 11.0. The Morgan fingerprint density at radius 2 is 2.20 bits per heavy atom. The minimum absolute atomic E-state index is 0.00463. The molecule has 76 valence electrons. The van der Waals surface area contributed by atoms with Gasteiger partial charge in [0.05, 0.1) is 0 Å². The molecule has 0 fully saturated rings. The van der Waals surface area contributed by atoms with Gasteiger partial charge in [-0.25, -0.2) is 9.79 Å². The first-order chi connectivity index (χ1) is 7.09. The molecule has 2 aliphatic heterocycles. The van der Waals surface area contributed by atoms with E-state index >= 15 is 0 Å². The number of aliphatic imine (C=N–C) groups is 3. The Kier molecular flexibility index (Phi) is 1.89. The van der Waals surface area contributed by atoms with E-state index in [4.69, 9.17) is 5.11 Å². The van der Waals surface area contributed by atoms with Crippen LogP contribution < -0.4 is 5.32 Å². The Morgan fingerprint density at radius 1 is 1.47 bits per heavy atom. The van der Waals surface area contributed by atoms with Crippen molar-refractivity contribution >= 4 is 35.7 Å². The zero-order valence-electron chi connectivity index (χ0n) is 7.17. The molecule has 2 N–H and O–H groups in total. The van der Waals surface area contributed by atoms with Gasteiger partial charge in [-0.3, -0.25) is 14.6 Å². The fraction of sp³-hybridized carbons (Fsp3) is 0.143. The van der Waals surface area contributed by atoms with Gasteiger partial charge in [-0.05, 0) is 0 Å². The van der Waals surface area contributed by atoms with Gasteiger partial charge in [-0.2, -0.15) is 4.99 Å². The lowest BCUT2D eigenvalue weighted by molar-refractivity contribution is -0.130. The number of rotatable bonds is 1. The number of hydrogen-bond acceptors (Lipinski definition) is 5. The number of carboxylic acid groups (broad SMARTS) is 1. The molecule has 2 amide bonds. The highest BCUT2D eigenvalue weighted by Gasteiger charge is 2.36. The van der Waals surface area contributed by atoms with Crippen LogP contribution in [-0.2, 0) is 14.4 Å². The molecular weight excluding hydrogens is 204 g/mol. The number of amidine groups is 1. The quantitative estimate of drug-likeness (QED) is 0.516. The lowest BCUT2D eigenvalue weighted by Gasteiger charge is -2.20. The van der Waals surface area contributed by atoms with Crippen LogP contribution in [0.25, 0.3) is 0 Å². The van der Waals surface area contributed by atoms with Crippen LogP contribution >= 0.6 is 0 Å². The Morgan fingerprint density at radius 3 is 2.87 bits per heavy atom. The Balaban J connectivity index is 2.45. The number of carboxylic acids is 1. The van der Waals surface area contributed by atoms with Crippen LogP contribution in [0.3, 0.4) is 0 Å². The summed E-state index contributed by atoms with van der Waals surface area (Å²) in [5.41, 5.74) is -0.718. The molecule has 8 heteroatoms. The van der Waals surface area contributed by atoms with E-state index in [-0.39, 0.29) is 5.84 Å². The lowest BCUT2D eigenvalue weighted by Crippen LogP contribution is -2.52. The Labute approximate surface area is 82.4 Å². The van der Waals surface area contributed by atoms with Crippen molar-refractivity contribution in [3.63, 3.8) is 0 Å². The topological polar surface area (TPSA) is 121 Å². The average molecular weight is 208 g/mol. The molecule has 0 saturated carbocycles. The predicted molar refractivity (Wildman–Crippen MR) is 47.9 cm³/mol. The van der Waals surface area contributed by atoms with Crippen molar-refractivity contribution in [2.24, 2.45) is 15.0 Å². The van der Waals surface area contributed by atoms with E-state index in [0.717, 1.165) is 6.34 Å². The van der Waals surface area contributed by atoms with Gasteiger partial charge in [0.2, 0.25) is 5.71 Å². The van der Waals surface area contributed by atoms with Crippen molar-refractivity contribution in [1.29, 1.82) is 0 Å². The van der Waals surface area contributed by atoms with Gasteiger partial charge in [0.1, 0.15) is 12.2 Å². The summed E-state index contributed by atoms with van der Waals surface area (Å²) < 4.78 is 0. The molecule has 0 aromatic heterocycles. The van der Waals surface area contributed by atoms with Gasteiger partial charge < -0.3 is 10.4 Å². The van der Waals surface area contributed by atoms with Gasteiger partial charge in [0.25, 0.3) is 11.8 Å². The van der Waals surface area contributed by atoms with Gasteiger partial charge >= 0.3 is 5.97 Å². The number of aliphatic carboxylic acids is 1. The third kappa shape index (κ3) is 1.41. The van der Waals surface area contributed by atoms with Crippen molar-refractivity contribution in [1.82, 2.24) is 5.32 Å². The second-order valence-corrected chi connectivity index (χ2v) is 2.74. The lowest BCUT2D eigenvalue weighted by atomic mass is 10.1. The third-order valence-corrected chi connectivity index (χ3v) is 1.79. The standard InChI is InChI=1S/C7H4N4O4/c12-5-2-4(8-1-9-5)11-6(13)3(10-2)7(14)15/h1-2H,(H,14,15)(H,8,9,11,12,13). The molecule has 0 aromatic rings. The maximum atomic E-state index is 11.2. The summed E-state index contributed by atoms with van der Waals surface area (Å²) in [6, 6.07) is -1.14. The summed E-state index contributed by atoms with van der Waals surface area (Å²) in [7, 11) is 0. The SMILES string of the molecule is O=C(O)C1=NC2C(=O)N=CN=C2NC1=O. The first-order valence-corrected chi connectivity index (χ1v) is 3.86. The molecule has 0 radical (unpaired) electrons. The summed E-state index contributed by atoms with van der Waals surface area (Å²) in [4.78, 5) is 43.3. The monoisotopic (exact) mass is 208 g/mol. The van der Waals surface area contributed by atoms with E-state index in [0.29, 0.717) is 0 Å². The van der Waals surface area contributed by atoms with Gasteiger partial charge in [0, 0.05) is 0 Å². The minimum Gasteiger partial charge on any atom is -0.476 e. The molecular formula is C7H4N4O4. The van der Waals surface area contributed by atoms with Crippen molar-refractivity contribution in [2.75, 3.05) is 0 Å². The van der Waals surface area contributed by atoms with Crippen LogP contribution in [0.4, 0.5) is 0 Å². The summed E-state index contributed by atoms with van der Waals surface area (Å²) in [5, 5.41) is 10.8. The number of fused-ring (bicyclic) bond motifs is 1. The van der Waals surface area contributed by atoms with E-state index in [2.05, 4.69) is 20.3 Å². The number of hydrogen-bond donors (Lipinski definition) is 2. The Hall–Kier alpha value is -2.38. The molecule has 1 atom stereocenters. The molecule has 2 aliphatic rings. The van der Waals surface area contributed by atoms with Crippen LogP contribution in [0, 0.1) is 0 Å². The molecule has 2 rings (SSSR count). The smallest absolute Gasteiger partial charge is 0.359 e. The van der Waals surface area contributed by atoms with Gasteiger partial charge in [-0.15, -0.1) is 0 Å². The van der Waals surface area contributed by atoms with Crippen molar-refractivity contribution in [3.8, 4) is 0 Å². The highest BCUT2D eigenvalue weighted by atomic mass is 16.4.